The fraction of sp³-hybridized carbons (Fsp3) is 0.579. The molecule has 3 rings (SSSR count). The number of hydrogen-bond acceptors (Lipinski definition) is 4. The largest absolute Gasteiger partial charge is 0.378 e. The Labute approximate surface area is 157 Å². The van der Waals surface area contributed by atoms with E-state index in [1.54, 1.807) is 15.9 Å². The van der Waals surface area contributed by atoms with E-state index < -0.39 is 6.04 Å². The molecule has 1 aromatic carbocycles. The molecule has 142 valence electrons. The van der Waals surface area contributed by atoms with Crippen molar-refractivity contribution >= 4 is 23.6 Å². The van der Waals surface area contributed by atoms with Crippen molar-refractivity contribution in [2.45, 2.75) is 31.7 Å². The van der Waals surface area contributed by atoms with Crippen molar-refractivity contribution < 1.29 is 18.7 Å². The van der Waals surface area contributed by atoms with E-state index in [2.05, 4.69) is 0 Å². The van der Waals surface area contributed by atoms with Gasteiger partial charge in [0, 0.05) is 13.1 Å². The molecule has 0 aromatic heterocycles. The summed E-state index contributed by atoms with van der Waals surface area (Å²) < 4.78 is 19.0. The maximum absolute atomic E-state index is 13.7. The van der Waals surface area contributed by atoms with Crippen molar-refractivity contribution in [2.75, 3.05) is 32.1 Å². The molecule has 2 heterocycles. The summed E-state index contributed by atoms with van der Waals surface area (Å²) in [5.74, 6) is 0.154. The lowest BCUT2D eigenvalue weighted by Crippen LogP contribution is -2.53. The van der Waals surface area contributed by atoms with Gasteiger partial charge in [0.15, 0.2) is 0 Å². The van der Waals surface area contributed by atoms with E-state index in [9.17, 15) is 14.0 Å². The predicted octanol–water partition coefficient (Wildman–Crippen LogP) is 2.67. The van der Waals surface area contributed by atoms with Gasteiger partial charge in [-0.15, -0.1) is 11.8 Å². The Balaban J connectivity index is 1.89. The molecule has 26 heavy (non-hydrogen) atoms. The maximum Gasteiger partial charge on any atom is 0.245 e. The number of rotatable bonds is 5. The van der Waals surface area contributed by atoms with Gasteiger partial charge in [-0.3, -0.25) is 9.59 Å². The second-order valence-corrected chi connectivity index (χ2v) is 8.17. The minimum atomic E-state index is -0.524. The lowest BCUT2D eigenvalue weighted by atomic mass is 9.99. The Morgan fingerprint density at radius 2 is 2.08 bits per heavy atom. The fourth-order valence-corrected chi connectivity index (χ4v) is 4.68. The molecule has 2 atom stereocenters. The second-order valence-electron chi connectivity index (χ2n) is 7.10. The van der Waals surface area contributed by atoms with E-state index in [1.165, 1.54) is 23.9 Å². The standard InChI is InChI=1S/C19H25FN2O3S/c1-13(2)10-16(18(24)21-6-8-25-9-7-21)22-17(23)12-26-19(22)14-4-3-5-15(20)11-14/h3-5,11,13,16,19H,6-10,12H2,1-2H3/t16-,19+/m1/s1. The minimum Gasteiger partial charge on any atom is -0.378 e. The zero-order chi connectivity index (χ0) is 18.7. The number of thioether (sulfide) groups is 1. The highest BCUT2D eigenvalue weighted by Gasteiger charge is 2.42. The Morgan fingerprint density at radius 1 is 1.35 bits per heavy atom. The number of benzene rings is 1. The number of amides is 2. The van der Waals surface area contributed by atoms with Crippen LogP contribution in [0.15, 0.2) is 24.3 Å². The average Bonchev–Trinajstić information content (AvgIpc) is 3.01. The Morgan fingerprint density at radius 3 is 2.73 bits per heavy atom. The van der Waals surface area contributed by atoms with Gasteiger partial charge in [0.25, 0.3) is 0 Å². The Kier molecular flexibility index (Phi) is 6.19. The smallest absolute Gasteiger partial charge is 0.245 e. The molecule has 1 aromatic rings. The third-order valence-corrected chi connectivity index (χ3v) is 5.91. The van der Waals surface area contributed by atoms with E-state index in [1.807, 2.05) is 19.9 Å². The van der Waals surface area contributed by atoms with Crippen molar-refractivity contribution in [3.05, 3.63) is 35.6 Å². The highest BCUT2D eigenvalue weighted by atomic mass is 32.2. The van der Waals surface area contributed by atoms with Crippen molar-refractivity contribution in [2.24, 2.45) is 5.92 Å². The van der Waals surface area contributed by atoms with Crippen LogP contribution in [-0.4, -0.2) is 59.7 Å². The SMILES string of the molecule is CC(C)C[C@H](C(=O)N1CCOCC1)N1C(=O)CS[C@H]1c1cccc(F)c1. The molecule has 0 N–H and O–H groups in total. The van der Waals surface area contributed by atoms with Crippen LogP contribution in [0.4, 0.5) is 4.39 Å². The van der Waals surface area contributed by atoms with Crippen LogP contribution in [0.5, 0.6) is 0 Å². The minimum absolute atomic E-state index is 0.0285. The first-order valence-corrected chi connectivity index (χ1v) is 10.1. The summed E-state index contributed by atoms with van der Waals surface area (Å²) in [5, 5.41) is -0.327. The molecular weight excluding hydrogens is 355 g/mol. The van der Waals surface area contributed by atoms with Gasteiger partial charge in [-0.2, -0.15) is 0 Å². The van der Waals surface area contributed by atoms with Crippen LogP contribution in [0.3, 0.4) is 0 Å². The number of nitrogens with zero attached hydrogens (tertiary/aromatic N) is 2. The van der Waals surface area contributed by atoms with Crippen LogP contribution in [0.25, 0.3) is 0 Å². The highest BCUT2D eigenvalue weighted by Crippen LogP contribution is 2.41. The second kappa shape index (κ2) is 8.39. The van der Waals surface area contributed by atoms with Gasteiger partial charge >= 0.3 is 0 Å². The zero-order valence-corrected chi connectivity index (χ0v) is 16.0. The molecule has 0 bridgehead atoms. The summed E-state index contributed by atoms with van der Waals surface area (Å²) in [6.07, 6.45) is 0.592. The number of halogens is 1. The summed E-state index contributed by atoms with van der Waals surface area (Å²) in [5.41, 5.74) is 0.726. The number of ether oxygens (including phenoxy) is 1. The molecule has 2 saturated heterocycles. The van der Waals surface area contributed by atoms with E-state index in [0.29, 0.717) is 38.5 Å². The first-order valence-electron chi connectivity index (χ1n) is 9.02. The van der Waals surface area contributed by atoms with Crippen LogP contribution in [0.1, 0.15) is 31.2 Å². The molecule has 0 aliphatic carbocycles. The number of morpholine rings is 1. The molecule has 2 fully saturated rings. The number of hydrogen-bond donors (Lipinski definition) is 0. The average molecular weight is 380 g/mol. The lowest BCUT2D eigenvalue weighted by Gasteiger charge is -2.37. The van der Waals surface area contributed by atoms with Crippen LogP contribution in [0.2, 0.25) is 0 Å². The molecule has 2 amide bonds. The zero-order valence-electron chi connectivity index (χ0n) is 15.2. The van der Waals surface area contributed by atoms with Gasteiger partial charge in [-0.05, 0) is 30.0 Å². The van der Waals surface area contributed by atoms with Gasteiger partial charge < -0.3 is 14.5 Å². The van der Waals surface area contributed by atoms with Gasteiger partial charge in [0.2, 0.25) is 11.8 Å². The summed E-state index contributed by atoms with van der Waals surface area (Å²) in [4.78, 5) is 29.3. The molecule has 0 saturated carbocycles. The first kappa shape index (κ1) is 19.2. The van der Waals surface area contributed by atoms with E-state index >= 15 is 0 Å². The quantitative estimate of drug-likeness (QED) is 0.788. The third kappa shape index (κ3) is 4.20. The van der Waals surface area contributed by atoms with Crippen LogP contribution < -0.4 is 0 Å². The molecule has 0 spiro atoms. The molecular formula is C19H25FN2O3S. The topological polar surface area (TPSA) is 49.9 Å². The highest BCUT2D eigenvalue weighted by molar-refractivity contribution is 8.00. The molecule has 2 aliphatic heterocycles. The van der Waals surface area contributed by atoms with Crippen LogP contribution in [-0.2, 0) is 14.3 Å². The van der Waals surface area contributed by atoms with Gasteiger partial charge in [0.1, 0.15) is 17.2 Å². The van der Waals surface area contributed by atoms with E-state index in [-0.39, 0.29) is 28.9 Å². The molecule has 7 heteroatoms. The summed E-state index contributed by atoms with van der Waals surface area (Å²) in [7, 11) is 0. The Hall–Kier alpha value is -1.60. The number of carbonyl (C=O) groups is 2. The van der Waals surface area contributed by atoms with Crippen LogP contribution in [0, 0.1) is 11.7 Å². The molecule has 0 unspecified atom stereocenters. The molecule has 0 radical (unpaired) electrons. The Bertz CT molecular complexity index is 664. The number of carbonyl (C=O) groups excluding carboxylic acids is 2. The molecule has 2 aliphatic rings. The van der Waals surface area contributed by atoms with E-state index in [4.69, 9.17) is 4.74 Å². The van der Waals surface area contributed by atoms with Gasteiger partial charge in [-0.25, -0.2) is 4.39 Å². The fourth-order valence-electron chi connectivity index (χ4n) is 3.46. The third-order valence-electron chi connectivity index (χ3n) is 4.68. The van der Waals surface area contributed by atoms with E-state index in [0.717, 1.165) is 5.56 Å². The predicted molar refractivity (Wildman–Crippen MR) is 99.1 cm³/mol. The summed E-state index contributed by atoms with van der Waals surface area (Å²) >= 11 is 1.45. The van der Waals surface area contributed by atoms with Crippen molar-refractivity contribution in [1.82, 2.24) is 9.80 Å². The van der Waals surface area contributed by atoms with Gasteiger partial charge in [-0.1, -0.05) is 26.0 Å². The first-order chi connectivity index (χ1) is 12.5. The van der Waals surface area contributed by atoms with Crippen molar-refractivity contribution in [1.29, 1.82) is 0 Å². The lowest BCUT2D eigenvalue weighted by molar-refractivity contribution is -0.148. The monoisotopic (exact) mass is 380 g/mol. The van der Waals surface area contributed by atoms with Gasteiger partial charge in [0.05, 0.1) is 19.0 Å². The summed E-state index contributed by atoms with van der Waals surface area (Å²) in [6, 6.07) is 5.78. The maximum atomic E-state index is 13.7. The summed E-state index contributed by atoms with van der Waals surface area (Å²) in [6.45, 7) is 6.24. The van der Waals surface area contributed by atoms with Crippen LogP contribution >= 0.6 is 11.8 Å². The van der Waals surface area contributed by atoms with Crippen molar-refractivity contribution in [3.63, 3.8) is 0 Å². The molecule has 5 nitrogen and oxygen atoms in total. The normalized spacial score (nSPS) is 22.2. The van der Waals surface area contributed by atoms with Crippen molar-refractivity contribution in [3.8, 4) is 0 Å².